The largest absolute Gasteiger partial charge is 0.365 e. The predicted octanol–water partition coefficient (Wildman–Crippen LogP) is 4.24. The van der Waals surface area contributed by atoms with Crippen molar-refractivity contribution < 1.29 is 13.2 Å². The van der Waals surface area contributed by atoms with E-state index in [0.717, 1.165) is 31.0 Å². The number of piperazine rings is 1. The van der Waals surface area contributed by atoms with Crippen molar-refractivity contribution in [3.8, 4) is 0 Å². The topological polar surface area (TPSA) is 60.9 Å². The van der Waals surface area contributed by atoms with Crippen molar-refractivity contribution in [2.24, 2.45) is 5.92 Å². The van der Waals surface area contributed by atoms with Crippen LogP contribution in [-0.4, -0.2) is 62.3 Å². The number of aryl methyl sites for hydroxylation is 1. The standard InChI is InChI=1S/C23H30ClN3O3S2/c1-17-4-3-5-20(14-17)27-13-12-25(16-18(27)2)22(28)15-19-8-10-26(11-9-19)32(29,30)23-7-6-21(24)31-23/h3-7,14,18-19H,8-13,15-16H2,1-2H3/t18-/m1/s1. The Hall–Kier alpha value is -1.61. The molecule has 2 fully saturated rings. The van der Waals surface area contributed by atoms with Gasteiger partial charge in [-0.05, 0) is 62.4 Å². The van der Waals surface area contributed by atoms with Gasteiger partial charge in [-0.25, -0.2) is 8.42 Å². The molecule has 2 aliphatic rings. The zero-order valence-corrected chi connectivity index (χ0v) is 20.9. The number of sulfonamides is 1. The molecule has 1 atom stereocenters. The average Bonchev–Trinajstić information content (AvgIpc) is 3.21. The highest BCUT2D eigenvalue weighted by Gasteiger charge is 2.33. The quantitative estimate of drug-likeness (QED) is 0.622. The number of benzene rings is 1. The summed E-state index contributed by atoms with van der Waals surface area (Å²) in [5, 5.41) is 0. The third kappa shape index (κ3) is 5.14. The molecule has 32 heavy (non-hydrogen) atoms. The molecular formula is C23H30ClN3O3S2. The Bertz CT molecular complexity index is 1060. The lowest BCUT2D eigenvalue weighted by Crippen LogP contribution is -2.54. The van der Waals surface area contributed by atoms with E-state index in [4.69, 9.17) is 11.6 Å². The third-order valence-corrected chi connectivity index (χ3v) is 10.1. The second-order valence-corrected chi connectivity index (χ2v) is 12.7. The summed E-state index contributed by atoms with van der Waals surface area (Å²) in [6.07, 6.45) is 1.92. The molecule has 0 unspecified atom stereocenters. The first-order valence-corrected chi connectivity index (χ1v) is 13.7. The van der Waals surface area contributed by atoms with Crippen molar-refractivity contribution in [1.82, 2.24) is 9.21 Å². The van der Waals surface area contributed by atoms with Gasteiger partial charge >= 0.3 is 0 Å². The minimum absolute atomic E-state index is 0.187. The van der Waals surface area contributed by atoms with E-state index in [2.05, 4.69) is 43.0 Å². The summed E-state index contributed by atoms with van der Waals surface area (Å²) >= 11 is 7.00. The second-order valence-electron chi connectivity index (χ2n) is 8.83. The molecule has 0 radical (unpaired) electrons. The van der Waals surface area contributed by atoms with Crippen molar-refractivity contribution in [3.63, 3.8) is 0 Å². The summed E-state index contributed by atoms with van der Waals surface area (Å²) < 4.78 is 27.8. The molecule has 2 aliphatic heterocycles. The molecule has 3 heterocycles. The Morgan fingerprint density at radius 1 is 1.12 bits per heavy atom. The SMILES string of the molecule is Cc1cccc(N2CCN(C(=O)CC3CCN(S(=O)(=O)c4ccc(Cl)s4)CC3)C[C@H]2C)c1. The average molecular weight is 496 g/mol. The van der Waals surface area contributed by atoms with Gasteiger partial charge in [0.2, 0.25) is 5.91 Å². The van der Waals surface area contributed by atoms with Gasteiger partial charge in [-0.2, -0.15) is 4.31 Å². The molecular weight excluding hydrogens is 466 g/mol. The first-order chi connectivity index (χ1) is 15.2. The molecule has 9 heteroatoms. The highest BCUT2D eigenvalue weighted by atomic mass is 35.5. The summed E-state index contributed by atoms with van der Waals surface area (Å²) in [4.78, 5) is 17.3. The fourth-order valence-electron chi connectivity index (χ4n) is 4.67. The van der Waals surface area contributed by atoms with Crippen LogP contribution in [0.3, 0.4) is 0 Å². The maximum absolute atomic E-state index is 13.0. The first-order valence-electron chi connectivity index (χ1n) is 11.1. The maximum Gasteiger partial charge on any atom is 0.252 e. The van der Waals surface area contributed by atoms with Gasteiger partial charge < -0.3 is 9.80 Å². The number of thiophene rings is 1. The van der Waals surface area contributed by atoms with E-state index in [-0.39, 0.29) is 22.1 Å². The Labute approximate surface area is 199 Å². The van der Waals surface area contributed by atoms with E-state index in [1.165, 1.54) is 15.6 Å². The lowest BCUT2D eigenvalue weighted by atomic mass is 9.94. The van der Waals surface area contributed by atoms with Gasteiger partial charge in [-0.15, -0.1) is 11.3 Å². The number of rotatable bonds is 5. The Balaban J connectivity index is 1.28. The van der Waals surface area contributed by atoms with Crippen LogP contribution in [0.2, 0.25) is 4.34 Å². The number of carbonyl (C=O) groups is 1. The van der Waals surface area contributed by atoms with Gasteiger partial charge in [0.1, 0.15) is 4.21 Å². The zero-order valence-electron chi connectivity index (χ0n) is 18.5. The van der Waals surface area contributed by atoms with Crippen LogP contribution in [-0.2, 0) is 14.8 Å². The minimum atomic E-state index is -3.49. The molecule has 174 valence electrons. The molecule has 0 aliphatic carbocycles. The van der Waals surface area contributed by atoms with Gasteiger partial charge in [-0.1, -0.05) is 23.7 Å². The van der Waals surface area contributed by atoms with Crippen LogP contribution in [0.5, 0.6) is 0 Å². The lowest BCUT2D eigenvalue weighted by Gasteiger charge is -2.42. The number of carbonyl (C=O) groups excluding carboxylic acids is 1. The number of anilines is 1. The smallest absolute Gasteiger partial charge is 0.252 e. The molecule has 2 aromatic rings. The van der Waals surface area contributed by atoms with Crippen molar-refractivity contribution in [3.05, 3.63) is 46.3 Å². The molecule has 0 bridgehead atoms. The highest BCUT2D eigenvalue weighted by molar-refractivity contribution is 7.91. The fourth-order valence-corrected chi connectivity index (χ4v) is 7.77. The molecule has 0 N–H and O–H groups in total. The fraction of sp³-hybridized carbons (Fsp3) is 0.522. The van der Waals surface area contributed by atoms with Gasteiger partial charge in [-0.3, -0.25) is 4.79 Å². The van der Waals surface area contributed by atoms with Crippen LogP contribution >= 0.6 is 22.9 Å². The summed E-state index contributed by atoms with van der Waals surface area (Å²) in [7, 11) is -3.49. The number of hydrogen-bond acceptors (Lipinski definition) is 5. The number of nitrogens with zero attached hydrogens (tertiary/aromatic N) is 3. The van der Waals surface area contributed by atoms with Crippen LogP contribution in [0, 0.1) is 12.8 Å². The van der Waals surface area contributed by atoms with E-state index in [1.807, 2.05) is 4.90 Å². The Kier molecular flexibility index (Phi) is 7.14. The summed E-state index contributed by atoms with van der Waals surface area (Å²) in [5.74, 6) is 0.415. The number of halogens is 1. The number of amides is 1. The van der Waals surface area contributed by atoms with Gasteiger partial charge in [0.15, 0.2) is 0 Å². The number of hydrogen-bond donors (Lipinski definition) is 0. The molecule has 0 saturated carbocycles. The normalized spacial score (nSPS) is 21.2. The maximum atomic E-state index is 13.0. The van der Waals surface area contributed by atoms with Crippen LogP contribution in [0.15, 0.2) is 40.6 Å². The van der Waals surface area contributed by atoms with Crippen molar-refractivity contribution >= 4 is 44.6 Å². The predicted molar refractivity (Wildman–Crippen MR) is 130 cm³/mol. The van der Waals surface area contributed by atoms with E-state index in [9.17, 15) is 13.2 Å². The number of piperidine rings is 1. The van der Waals surface area contributed by atoms with Crippen LogP contribution in [0.4, 0.5) is 5.69 Å². The molecule has 0 spiro atoms. The van der Waals surface area contributed by atoms with Crippen LogP contribution < -0.4 is 4.90 Å². The molecule has 2 saturated heterocycles. The lowest BCUT2D eigenvalue weighted by molar-refractivity contribution is -0.133. The second kappa shape index (κ2) is 9.71. The monoisotopic (exact) mass is 495 g/mol. The van der Waals surface area contributed by atoms with Gasteiger partial charge in [0.25, 0.3) is 10.0 Å². The minimum Gasteiger partial charge on any atom is -0.365 e. The van der Waals surface area contributed by atoms with Crippen LogP contribution in [0.1, 0.15) is 31.7 Å². The Morgan fingerprint density at radius 3 is 2.50 bits per heavy atom. The summed E-state index contributed by atoms with van der Waals surface area (Å²) in [5.41, 5.74) is 2.45. The van der Waals surface area contributed by atoms with Gasteiger partial charge in [0, 0.05) is 50.9 Å². The molecule has 1 aromatic heterocycles. The molecule has 6 nitrogen and oxygen atoms in total. The van der Waals surface area contributed by atoms with E-state index < -0.39 is 10.0 Å². The summed E-state index contributed by atoms with van der Waals surface area (Å²) in [6, 6.07) is 11.9. The van der Waals surface area contributed by atoms with Crippen LogP contribution in [0.25, 0.3) is 0 Å². The van der Waals surface area contributed by atoms with E-state index >= 15 is 0 Å². The van der Waals surface area contributed by atoms with E-state index in [1.54, 1.807) is 12.1 Å². The van der Waals surface area contributed by atoms with Gasteiger partial charge in [0.05, 0.1) is 4.34 Å². The zero-order chi connectivity index (χ0) is 22.9. The van der Waals surface area contributed by atoms with Crippen molar-refractivity contribution in [2.45, 2.75) is 43.4 Å². The molecule has 1 aromatic carbocycles. The highest BCUT2D eigenvalue weighted by Crippen LogP contribution is 2.31. The first kappa shape index (κ1) is 23.5. The Morgan fingerprint density at radius 2 is 1.88 bits per heavy atom. The van der Waals surface area contributed by atoms with Crippen molar-refractivity contribution in [1.29, 1.82) is 0 Å². The van der Waals surface area contributed by atoms with Crippen molar-refractivity contribution in [2.75, 3.05) is 37.6 Å². The summed E-state index contributed by atoms with van der Waals surface area (Å²) in [6.45, 7) is 7.45. The molecule has 4 rings (SSSR count). The molecule has 1 amide bonds. The van der Waals surface area contributed by atoms with E-state index in [0.29, 0.717) is 36.7 Å². The third-order valence-electron chi connectivity index (χ3n) is 6.49.